The number of halogens is 4. The quantitative estimate of drug-likeness (QED) is 0.653. The van der Waals surface area contributed by atoms with Gasteiger partial charge in [0.25, 0.3) is 5.91 Å². The average Bonchev–Trinajstić information content (AvgIpc) is 2.59. The van der Waals surface area contributed by atoms with Crippen LogP contribution in [0.15, 0.2) is 36.5 Å². The van der Waals surface area contributed by atoms with Gasteiger partial charge in [-0.05, 0) is 24.3 Å². The molecule has 1 heterocycles. The number of alkyl halides is 3. The zero-order chi connectivity index (χ0) is 21.8. The molecule has 2 aromatic rings. The third kappa shape index (κ3) is 6.91. The molecule has 1 aromatic carbocycles. The number of aromatic nitrogens is 1. The highest BCUT2D eigenvalue weighted by Gasteiger charge is 2.31. The lowest BCUT2D eigenvalue weighted by Crippen LogP contribution is -2.22. The predicted octanol–water partition coefficient (Wildman–Crippen LogP) is 2.92. The lowest BCUT2D eigenvalue weighted by atomic mass is 10.2. The Morgan fingerprint density at radius 1 is 1.24 bits per heavy atom. The van der Waals surface area contributed by atoms with Gasteiger partial charge in [0.05, 0.1) is 22.4 Å². The zero-order valence-electron chi connectivity index (χ0n) is 14.6. The number of nitrogens with one attached hydrogen (secondary N) is 2. The molecule has 13 heteroatoms. The van der Waals surface area contributed by atoms with Crippen molar-refractivity contribution in [3.63, 3.8) is 0 Å². The van der Waals surface area contributed by atoms with Gasteiger partial charge in [0.1, 0.15) is 0 Å². The van der Waals surface area contributed by atoms with Gasteiger partial charge in [0.2, 0.25) is 10.0 Å². The molecule has 8 nitrogen and oxygen atoms in total. The van der Waals surface area contributed by atoms with Crippen LogP contribution >= 0.6 is 11.6 Å². The molecule has 2 rings (SSSR count). The number of hydrogen-bond acceptors (Lipinski definition) is 6. The summed E-state index contributed by atoms with van der Waals surface area (Å²) in [5, 5.41) is 1.67. The number of hydrogen-bond donors (Lipinski definition) is 2. The summed E-state index contributed by atoms with van der Waals surface area (Å²) in [6.45, 7) is -0.776. The lowest BCUT2D eigenvalue weighted by Gasteiger charge is -2.10. The molecular formula is C16H13ClF3N3O5S. The van der Waals surface area contributed by atoms with Gasteiger partial charge in [-0.3, -0.25) is 9.52 Å². The highest BCUT2D eigenvalue weighted by Crippen LogP contribution is 2.32. The van der Waals surface area contributed by atoms with Crippen LogP contribution in [-0.4, -0.2) is 38.1 Å². The molecule has 29 heavy (non-hydrogen) atoms. The molecule has 0 saturated carbocycles. The molecule has 0 saturated heterocycles. The van der Waals surface area contributed by atoms with Crippen LogP contribution in [0.1, 0.15) is 15.9 Å². The summed E-state index contributed by atoms with van der Waals surface area (Å²) in [6, 6.07) is 5.94. The summed E-state index contributed by atoms with van der Waals surface area (Å²) in [5.74, 6) is -2.15. The van der Waals surface area contributed by atoms with E-state index in [-0.39, 0.29) is 17.1 Å². The summed E-state index contributed by atoms with van der Waals surface area (Å²) in [6.07, 6.45) is -3.22. The van der Waals surface area contributed by atoms with Crippen LogP contribution in [0.5, 0.6) is 0 Å². The van der Waals surface area contributed by atoms with Gasteiger partial charge < -0.3 is 10.1 Å². The number of ether oxygens (including phenoxy) is 1. The van der Waals surface area contributed by atoms with E-state index in [2.05, 4.69) is 15.0 Å². The fraction of sp³-hybridized carbons (Fsp3) is 0.188. The number of carbonyl (C=O) groups is 2. The molecule has 0 aliphatic rings. The smallest absolute Gasteiger partial charge is 0.417 e. The molecule has 0 bridgehead atoms. The Hall–Kier alpha value is -2.86. The van der Waals surface area contributed by atoms with Crippen LogP contribution in [0.4, 0.5) is 24.7 Å². The molecule has 0 aliphatic heterocycles. The number of nitrogens with zero attached hydrogens (tertiary/aromatic N) is 1. The molecule has 1 amide bonds. The van der Waals surface area contributed by atoms with E-state index >= 15 is 0 Å². The third-order valence-corrected chi connectivity index (χ3v) is 4.06. The number of benzene rings is 1. The number of anilines is 2. The SMILES string of the molecule is CS(=O)(=O)Nc1cccc(C(=O)OCC(=O)Nc2ncc(C(F)(F)F)cc2Cl)c1. The first-order chi connectivity index (χ1) is 13.3. The maximum absolute atomic E-state index is 12.6. The van der Waals surface area contributed by atoms with Gasteiger partial charge in [0, 0.05) is 11.9 Å². The highest BCUT2D eigenvalue weighted by atomic mass is 35.5. The molecule has 1 aromatic heterocycles. The van der Waals surface area contributed by atoms with Gasteiger partial charge in [-0.1, -0.05) is 17.7 Å². The summed E-state index contributed by atoms with van der Waals surface area (Å²) in [7, 11) is -3.55. The van der Waals surface area contributed by atoms with Crippen molar-refractivity contribution >= 4 is 45.0 Å². The van der Waals surface area contributed by atoms with Crippen LogP contribution in [0, 0.1) is 0 Å². The first kappa shape index (κ1) is 22.4. The molecule has 0 radical (unpaired) electrons. The second-order valence-electron chi connectivity index (χ2n) is 5.63. The molecule has 0 aliphatic carbocycles. The topological polar surface area (TPSA) is 114 Å². The Morgan fingerprint density at radius 2 is 1.93 bits per heavy atom. The number of pyridine rings is 1. The minimum atomic E-state index is -4.64. The van der Waals surface area contributed by atoms with Crippen molar-refractivity contribution in [3.8, 4) is 0 Å². The lowest BCUT2D eigenvalue weighted by molar-refractivity contribution is -0.137. The van der Waals surface area contributed by atoms with Crippen molar-refractivity contribution in [1.29, 1.82) is 0 Å². The Labute approximate surface area is 168 Å². The largest absolute Gasteiger partial charge is 0.452 e. The first-order valence-electron chi connectivity index (χ1n) is 7.63. The molecule has 0 atom stereocenters. The fourth-order valence-electron chi connectivity index (χ4n) is 1.99. The molecule has 156 valence electrons. The minimum Gasteiger partial charge on any atom is -0.452 e. The van der Waals surface area contributed by atoms with E-state index in [1.807, 2.05) is 0 Å². The summed E-state index contributed by atoms with van der Waals surface area (Å²) in [4.78, 5) is 27.3. The molecule has 0 fully saturated rings. The van der Waals surface area contributed by atoms with Crippen molar-refractivity contribution in [3.05, 3.63) is 52.7 Å². The van der Waals surface area contributed by atoms with Gasteiger partial charge >= 0.3 is 12.1 Å². The van der Waals surface area contributed by atoms with E-state index in [0.29, 0.717) is 12.3 Å². The Bertz CT molecular complexity index is 1040. The van der Waals surface area contributed by atoms with E-state index < -0.39 is 45.3 Å². The third-order valence-electron chi connectivity index (χ3n) is 3.16. The average molecular weight is 452 g/mol. The number of sulfonamides is 1. The van der Waals surface area contributed by atoms with E-state index in [4.69, 9.17) is 16.3 Å². The van der Waals surface area contributed by atoms with Gasteiger partial charge in [-0.15, -0.1) is 0 Å². The van der Waals surface area contributed by atoms with Gasteiger partial charge in [-0.25, -0.2) is 18.2 Å². The first-order valence-corrected chi connectivity index (χ1v) is 9.89. The van der Waals surface area contributed by atoms with Crippen molar-refractivity contribution in [2.75, 3.05) is 22.9 Å². The van der Waals surface area contributed by atoms with Gasteiger partial charge in [0.15, 0.2) is 12.4 Å². The van der Waals surface area contributed by atoms with Crippen molar-refractivity contribution in [1.82, 2.24) is 4.98 Å². The standard InChI is InChI=1S/C16H13ClF3N3O5S/c1-29(26,27)23-11-4-2-3-9(5-11)15(25)28-8-13(24)22-14-12(17)6-10(7-21-14)16(18,19)20/h2-7,23H,8H2,1H3,(H,21,22,24). The van der Waals surface area contributed by atoms with E-state index in [9.17, 15) is 31.2 Å². The molecule has 0 unspecified atom stereocenters. The van der Waals surface area contributed by atoms with Crippen LogP contribution in [-0.2, 0) is 25.7 Å². The number of esters is 1. The Kier molecular flexibility index (Phi) is 6.69. The van der Waals surface area contributed by atoms with Gasteiger partial charge in [-0.2, -0.15) is 13.2 Å². The van der Waals surface area contributed by atoms with Crippen molar-refractivity contribution < 1.29 is 35.9 Å². The number of carbonyl (C=O) groups excluding carboxylic acids is 2. The minimum absolute atomic E-state index is 0.0304. The summed E-state index contributed by atoms with van der Waals surface area (Å²) < 4.78 is 67.1. The highest BCUT2D eigenvalue weighted by molar-refractivity contribution is 7.92. The molecule has 2 N–H and O–H groups in total. The maximum atomic E-state index is 12.6. The van der Waals surface area contributed by atoms with E-state index in [1.54, 1.807) is 0 Å². The van der Waals surface area contributed by atoms with Crippen LogP contribution < -0.4 is 10.0 Å². The molecular weight excluding hydrogens is 439 g/mol. The summed E-state index contributed by atoms with van der Waals surface area (Å²) >= 11 is 5.67. The second kappa shape index (κ2) is 8.66. The van der Waals surface area contributed by atoms with E-state index in [0.717, 1.165) is 6.26 Å². The number of amides is 1. The Morgan fingerprint density at radius 3 is 2.52 bits per heavy atom. The maximum Gasteiger partial charge on any atom is 0.417 e. The fourth-order valence-corrected chi connectivity index (χ4v) is 2.76. The van der Waals surface area contributed by atoms with Crippen LogP contribution in [0.3, 0.4) is 0 Å². The van der Waals surface area contributed by atoms with E-state index in [1.165, 1.54) is 24.3 Å². The predicted molar refractivity (Wildman–Crippen MR) is 98.1 cm³/mol. The normalized spacial score (nSPS) is 11.6. The zero-order valence-corrected chi connectivity index (χ0v) is 16.2. The number of rotatable bonds is 6. The van der Waals surface area contributed by atoms with Crippen molar-refractivity contribution in [2.45, 2.75) is 6.18 Å². The van der Waals surface area contributed by atoms with Crippen LogP contribution in [0.2, 0.25) is 5.02 Å². The van der Waals surface area contributed by atoms with Crippen LogP contribution in [0.25, 0.3) is 0 Å². The summed E-state index contributed by atoms with van der Waals surface area (Å²) in [5.41, 5.74) is -1.00. The molecule has 0 spiro atoms. The monoisotopic (exact) mass is 451 g/mol. The van der Waals surface area contributed by atoms with Crippen molar-refractivity contribution in [2.24, 2.45) is 0 Å². The Balaban J connectivity index is 1.97. The second-order valence-corrected chi connectivity index (χ2v) is 7.79.